The zero-order valence-corrected chi connectivity index (χ0v) is 22.0. The number of amides is 1. The molecule has 2 fully saturated rings. The average molecular weight is 517 g/mol. The monoisotopic (exact) mass is 516 g/mol. The molecule has 1 aromatic heterocycles. The number of rotatable bonds is 9. The van der Waals surface area contributed by atoms with Crippen molar-refractivity contribution in [3.8, 4) is 6.07 Å². The van der Waals surface area contributed by atoms with Gasteiger partial charge in [-0.05, 0) is 44.2 Å². The smallest absolute Gasteiger partial charge is 0.303 e. The second-order valence-corrected chi connectivity index (χ2v) is 10.6. The van der Waals surface area contributed by atoms with Gasteiger partial charge in [-0.25, -0.2) is 0 Å². The summed E-state index contributed by atoms with van der Waals surface area (Å²) in [5.41, 5.74) is 1.10. The van der Waals surface area contributed by atoms with E-state index in [9.17, 15) is 19.6 Å². The summed E-state index contributed by atoms with van der Waals surface area (Å²) in [6.45, 7) is 6.21. The minimum absolute atomic E-state index is 0.0394. The van der Waals surface area contributed by atoms with E-state index in [0.29, 0.717) is 33.3 Å². The number of hydrogen-bond donors (Lipinski definition) is 1. The van der Waals surface area contributed by atoms with Crippen molar-refractivity contribution < 1.29 is 14.7 Å². The summed E-state index contributed by atoms with van der Waals surface area (Å²) in [7, 11) is 0. The highest BCUT2D eigenvalue weighted by atomic mass is 32.2. The van der Waals surface area contributed by atoms with Crippen LogP contribution in [-0.2, 0) is 16.1 Å². The fraction of sp³-hybridized carbons (Fsp3) is 0.560. The molecule has 2 aliphatic rings. The molecule has 10 heteroatoms. The van der Waals surface area contributed by atoms with E-state index in [1.165, 1.54) is 16.7 Å². The Bertz CT molecular complexity index is 1130. The summed E-state index contributed by atoms with van der Waals surface area (Å²) in [4.78, 5) is 41.5. The van der Waals surface area contributed by atoms with Gasteiger partial charge in [0.25, 0.3) is 11.5 Å². The van der Waals surface area contributed by atoms with Gasteiger partial charge in [0, 0.05) is 38.2 Å². The molecule has 188 valence electrons. The number of carbonyl (C=O) groups is 2. The number of carboxylic acids is 1. The Morgan fingerprint density at radius 2 is 1.86 bits per heavy atom. The molecular formula is C25H32N4O4S2. The van der Waals surface area contributed by atoms with Gasteiger partial charge in [-0.1, -0.05) is 50.2 Å². The van der Waals surface area contributed by atoms with E-state index in [1.54, 1.807) is 17.6 Å². The summed E-state index contributed by atoms with van der Waals surface area (Å²) < 4.78 is 2.11. The van der Waals surface area contributed by atoms with Gasteiger partial charge in [-0.2, -0.15) is 5.26 Å². The Kier molecular flexibility index (Phi) is 9.52. The van der Waals surface area contributed by atoms with Crippen molar-refractivity contribution in [2.24, 2.45) is 0 Å². The molecule has 2 aliphatic heterocycles. The highest BCUT2D eigenvalue weighted by molar-refractivity contribution is 8.26. The van der Waals surface area contributed by atoms with Crippen molar-refractivity contribution in [3.05, 3.63) is 31.9 Å². The molecule has 0 saturated carbocycles. The molecule has 8 nitrogen and oxygen atoms in total. The van der Waals surface area contributed by atoms with Gasteiger partial charge in [-0.3, -0.25) is 23.9 Å². The number of nitrogens with zero attached hydrogens (tertiary/aromatic N) is 4. The van der Waals surface area contributed by atoms with Crippen molar-refractivity contribution >= 4 is 52.1 Å². The number of pyridine rings is 1. The molecule has 1 N–H and O–H groups in total. The highest BCUT2D eigenvalue weighted by Gasteiger charge is 2.33. The molecule has 1 amide bonds. The number of unbranched alkanes of at least 4 members (excludes halogenated alkanes) is 1. The van der Waals surface area contributed by atoms with Gasteiger partial charge in [0.1, 0.15) is 21.8 Å². The Labute approximate surface area is 215 Å². The first-order valence-corrected chi connectivity index (χ1v) is 13.4. The molecule has 0 atom stereocenters. The molecule has 0 aliphatic carbocycles. The largest absolute Gasteiger partial charge is 0.481 e. The molecule has 2 saturated heterocycles. The van der Waals surface area contributed by atoms with E-state index in [0.717, 1.165) is 57.4 Å². The van der Waals surface area contributed by atoms with Gasteiger partial charge in [0.2, 0.25) is 0 Å². The third-order valence-electron chi connectivity index (χ3n) is 6.41. The first-order chi connectivity index (χ1) is 16.8. The van der Waals surface area contributed by atoms with Crippen molar-refractivity contribution in [2.75, 3.05) is 24.5 Å². The predicted molar refractivity (Wildman–Crippen MR) is 142 cm³/mol. The quantitative estimate of drug-likeness (QED) is 0.383. The van der Waals surface area contributed by atoms with E-state index in [-0.39, 0.29) is 30.0 Å². The van der Waals surface area contributed by atoms with Crippen LogP contribution in [0.15, 0.2) is 9.70 Å². The van der Waals surface area contributed by atoms with Gasteiger partial charge in [0.15, 0.2) is 0 Å². The maximum atomic E-state index is 13.4. The van der Waals surface area contributed by atoms with Crippen LogP contribution in [0.2, 0.25) is 0 Å². The zero-order valence-electron chi connectivity index (χ0n) is 20.3. The summed E-state index contributed by atoms with van der Waals surface area (Å²) in [6.07, 6.45) is 8.07. The summed E-state index contributed by atoms with van der Waals surface area (Å²) in [5.74, 6) is -0.406. The van der Waals surface area contributed by atoms with Gasteiger partial charge in [-0.15, -0.1) is 0 Å². The number of anilines is 1. The lowest BCUT2D eigenvalue weighted by Gasteiger charge is -2.29. The second-order valence-electron chi connectivity index (χ2n) is 8.89. The van der Waals surface area contributed by atoms with Crippen LogP contribution in [-0.4, -0.2) is 50.4 Å². The van der Waals surface area contributed by atoms with E-state index >= 15 is 0 Å². The topological polar surface area (TPSA) is 107 Å². The van der Waals surface area contributed by atoms with Crippen molar-refractivity contribution in [1.82, 2.24) is 9.47 Å². The minimum atomic E-state index is -0.915. The van der Waals surface area contributed by atoms with E-state index < -0.39 is 5.97 Å². The first-order valence-electron chi connectivity index (χ1n) is 12.2. The molecule has 3 rings (SSSR count). The Morgan fingerprint density at radius 3 is 2.46 bits per heavy atom. The van der Waals surface area contributed by atoms with Crippen molar-refractivity contribution in [2.45, 2.75) is 71.8 Å². The Morgan fingerprint density at radius 1 is 1.17 bits per heavy atom. The third-order valence-corrected chi connectivity index (χ3v) is 7.79. The first kappa shape index (κ1) is 27.0. The predicted octanol–water partition coefficient (Wildman–Crippen LogP) is 4.27. The number of hydrogen-bond acceptors (Lipinski definition) is 7. The normalized spacial score (nSPS) is 17.7. The fourth-order valence-electron chi connectivity index (χ4n) is 4.50. The van der Waals surface area contributed by atoms with E-state index in [4.69, 9.17) is 17.3 Å². The molecule has 0 bridgehead atoms. The Hall–Kier alpha value is -2.64. The maximum absolute atomic E-state index is 13.4. The summed E-state index contributed by atoms with van der Waals surface area (Å²) in [6, 6.07) is 2.09. The highest BCUT2D eigenvalue weighted by Crippen LogP contribution is 2.36. The SMILES string of the molecule is CCCCn1c(N2CCCCCC2)c(C=C2SC(=S)N(CCCC(=O)O)C2=O)c(C)c(C#N)c1=O. The molecule has 35 heavy (non-hydrogen) atoms. The lowest BCUT2D eigenvalue weighted by molar-refractivity contribution is -0.137. The minimum Gasteiger partial charge on any atom is -0.481 e. The van der Waals surface area contributed by atoms with Crippen LogP contribution in [0.3, 0.4) is 0 Å². The summed E-state index contributed by atoms with van der Waals surface area (Å²) >= 11 is 6.59. The van der Waals surface area contributed by atoms with Gasteiger partial charge >= 0.3 is 5.97 Å². The second kappa shape index (κ2) is 12.4. The third kappa shape index (κ3) is 6.14. The zero-order chi connectivity index (χ0) is 25.5. The molecule has 0 aromatic carbocycles. The van der Waals surface area contributed by atoms with E-state index in [2.05, 4.69) is 17.9 Å². The van der Waals surface area contributed by atoms with Gasteiger partial charge < -0.3 is 10.0 Å². The lowest BCUT2D eigenvalue weighted by atomic mass is 10.0. The summed E-state index contributed by atoms with van der Waals surface area (Å²) in [5, 5.41) is 18.7. The maximum Gasteiger partial charge on any atom is 0.303 e. The van der Waals surface area contributed by atoms with Crippen LogP contribution in [0.5, 0.6) is 0 Å². The molecule has 0 spiro atoms. The van der Waals surface area contributed by atoms with Crippen molar-refractivity contribution in [3.63, 3.8) is 0 Å². The Balaban J connectivity index is 2.12. The number of carbonyl (C=O) groups excluding carboxylic acids is 1. The molecule has 0 radical (unpaired) electrons. The van der Waals surface area contributed by atoms with Crippen LogP contribution < -0.4 is 10.5 Å². The number of thioether (sulfide) groups is 1. The van der Waals surface area contributed by atoms with Crippen LogP contribution in [0.25, 0.3) is 6.08 Å². The number of carboxylic acid groups (broad SMARTS) is 1. The standard InChI is InChI=1S/C25H32N4O4S2/c1-3-4-13-28-22(27-11-7-5-6-8-12-27)18(17(2)19(16-26)23(28)32)15-20-24(33)29(25(34)35-20)14-9-10-21(30)31/h15H,3-14H2,1-2H3,(H,30,31). The number of aromatic nitrogens is 1. The van der Waals surface area contributed by atoms with Crippen molar-refractivity contribution in [1.29, 1.82) is 5.26 Å². The fourth-order valence-corrected chi connectivity index (χ4v) is 5.79. The van der Waals surface area contributed by atoms with Crippen LogP contribution in [0.1, 0.15) is 75.0 Å². The van der Waals surface area contributed by atoms with E-state index in [1.807, 2.05) is 0 Å². The van der Waals surface area contributed by atoms with Crippen LogP contribution in [0.4, 0.5) is 5.82 Å². The average Bonchev–Trinajstić information content (AvgIpc) is 3.00. The lowest BCUT2D eigenvalue weighted by Crippen LogP contribution is -2.35. The molecule has 0 unspecified atom stereocenters. The molecular weight excluding hydrogens is 484 g/mol. The number of thiocarbonyl (C=S) groups is 1. The van der Waals surface area contributed by atoms with Crippen LogP contribution in [0, 0.1) is 18.3 Å². The van der Waals surface area contributed by atoms with Gasteiger partial charge in [0.05, 0.1) is 4.91 Å². The molecule has 3 heterocycles. The number of aliphatic carboxylic acids is 1. The molecule has 1 aromatic rings. The van der Waals surface area contributed by atoms with Crippen LogP contribution >= 0.6 is 24.0 Å². The number of nitriles is 1.